The Morgan fingerprint density at radius 1 is 0.950 bits per heavy atom. The maximum atomic E-state index is 13.6. The Labute approximate surface area is 223 Å². The van der Waals surface area contributed by atoms with E-state index in [1.54, 1.807) is 0 Å². The molecule has 2 aliphatic rings. The molecule has 0 radical (unpaired) electrons. The van der Waals surface area contributed by atoms with Crippen molar-refractivity contribution in [1.82, 2.24) is 0 Å². The molecule has 40 heavy (non-hydrogen) atoms. The average molecular weight is 582 g/mol. The first-order valence-corrected chi connectivity index (χ1v) is 11.6. The Kier molecular flexibility index (Phi) is 7.93. The van der Waals surface area contributed by atoms with Gasteiger partial charge in [-0.25, -0.2) is 0 Å². The Hall–Kier alpha value is -3.78. The second kappa shape index (κ2) is 10.3. The van der Waals surface area contributed by atoms with Crippen LogP contribution in [-0.2, 0) is 38.1 Å². The quantitative estimate of drug-likeness (QED) is 0.155. The molecule has 0 N–H and O–H groups in total. The largest absolute Gasteiger partial charge is 0.497 e. The summed E-state index contributed by atoms with van der Waals surface area (Å²) in [4.78, 5) is 54.2. The fraction of sp³-hybridized carbons (Fsp3) is 0.520. The molecular formula is C25H24F6O9. The number of hydrogen-bond acceptors (Lipinski definition) is 9. The Morgan fingerprint density at radius 2 is 1.40 bits per heavy atom. The Bertz CT molecular complexity index is 1140. The highest BCUT2D eigenvalue weighted by molar-refractivity contribution is 6.10. The van der Waals surface area contributed by atoms with Crippen LogP contribution < -0.4 is 4.74 Å². The van der Waals surface area contributed by atoms with Crippen molar-refractivity contribution in [1.29, 1.82) is 0 Å². The normalized spacial score (nSPS) is 23.1. The lowest BCUT2D eigenvalue weighted by Crippen LogP contribution is -2.59. The van der Waals surface area contributed by atoms with Gasteiger partial charge >= 0.3 is 36.2 Å². The van der Waals surface area contributed by atoms with Gasteiger partial charge in [0.05, 0.1) is 7.11 Å². The summed E-state index contributed by atoms with van der Waals surface area (Å²) in [5.41, 5.74) is -5.98. The van der Waals surface area contributed by atoms with E-state index in [1.807, 2.05) is 0 Å². The van der Waals surface area contributed by atoms with Crippen molar-refractivity contribution in [2.24, 2.45) is 16.7 Å². The minimum Gasteiger partial charge on any atom is -0.497 e. The number of carbonyl (C=O) groups is 4. The summed E-state index contributed by atoms with van der Waals surface area (Å²) in [6.45, 7) is 1.43. The van der Waals surface area contributed by atoms with Crippen LogP contribution in [0.15, 0.2) is 36.9 Å². The third-order valence-electron chi connectivity index (χ3n) is 6.62. The van der Waals surface area contributed by atoms with Crippen LogP contribution in [0.3, 0.4) is 0 Å². The van der Waals surface area contributed by atoms with Crippen molar-refractivity contribution >= 4 is 23.9 Å². The molecule has 2 unspecified atom stereocenters. The lowest BCUT2D eigenvalue weighted by atomic mass is 9.63. The second-order valence-electron chi connectivity index (χ2n) is 9.65. The van der Waals surface area contributed by atoms with Crippen molar-refractivity contribution in [3.63, 3.8) is 0 Å². The molecule has 9 nitrogen and oxygen atoms in total. The SMILES string of the molecule is C=CC1CC(C(=O)OCC(F)(F)F)(C(=O)OCC(F)(F)F)C(c2ccc(OC)cc2)C12C(=O)OC(C)(C)OC2=O. The van der Waals surface area contributed by atoms with E-state index < -0.39 is 84.3 Å². The molecule has 1 heterocycles. The summed E-state index contributed by atoms with van der Waals surface area (Å²) in [7, 11) is 1.28. The summed E-state index contributed by atoms with van der Waals surface area (Å²) in [6, 6.07) is 4.86. The summed E-state index contributed by atoms with van der Waals surface area (Å²) in [6.07, 6.45) is -10.3. The number of rotatable bonds is 7. The number of ether oxygens (including phenoxy) is 5. The molecule has 1 aliphatic carbocycles. The van der Waals surface area contributed by atoms with E-state index in [4.69, 9.17) is 14.2 Å². The van der Waals surface area contributed by atoms with Gasteiger partial charge in [0.25, 0.3) is 5.79 Å². The Morgan fingerprint density at radius 3 is 1.77 bits per heavy atom. The summed E-state index contributed by atoms with van der Waals surface area (Å²) in [5.74, 6) is -12.0. The van der Waals surface area contributed by atoms with Gasteiger partial charge in [0.15, 0.2) is 24.0 Å². The number of hydrogen-bond donors (Lipinski definition) is 0. The third kappa shape index (κ3) is 5.45. The van der Waals surface area contributed by atoms with Crippen LogP contribution in [0, 0.1) is 16.7 Å². The topological polar surface area (TPSA) is 114 Å². The van der Waals surface area contributed by atoms with E-state index in [9.17, 15) is 45.5 Å². The molecule has 0 amide bonds. The first kappa shape index (κ1) is 30.8. The van der Waals surface area contributed by atoms with E-state index in [-0.39, 0.29) is 11.3 Å². The zero-order chi connectivity index (χ0) is 30.3. The number of allylic oxidation sites excluding steroid dienone is 1. The molecule has 15 heteroatoms. The molecule has 0 bridgehead atoms. The highest BCUT2D eigenvalue weighted by Crippen LogP contribution is 2.66. The standard InChI is InChI=1S/C25H24F6O9/c1-5-14-10-22(17(32)37-11-23(26,27)28,18(33)38-12-24(29,30)31)16(13-6-8-15(36-4)9-7-13)25(14)19(34)39-21(2,3)40-20(25)35/h5-9,14,16H,1,10-12H2,2-4H3. The van der Waals surface area contributed by atoms with Crippen molar-refractivity contribution < 1.29 is 69.2 Å². The fourth-order valence-corrected chi connectivity index (χ4v) is 5.14. The zero-order valence-electron chi connectivity index (χ0n) is 21.3. The van der Waals surface area contributed by atoms with E-state index in [0.29, 0.717) is 0 Å². The molecule has 3 rings (SSSR count). The molecule has 1 aliphatic heterocycles. The first-order valence-electron chi connectivity index (χ1n) is 11.6. The summed E-state index contributed by atoms with van der Waals surface area (Å²) < 4.78 is 102. The maximum Gasteiger partial charge on any atom is 0.422 e. The predicted molar refractivity (Wildman–Crippen MR) is 119 cm³/mol. The van der Waals surface area contributed by atoms with Gasteiger partial charge in [0.1, 0.15) is 5.75 Å². The van der Waals surface area contributed by atoms with Crippen LogP contribution in [0.25, 0.3) is 0 Å². The number of cyclic esters (lactones) is 2. The molecule has 2 atom stereocenters. The van der Waals surface area contributed by atoms with Gasteiger partial charge < -0.3 is 23.7 Å². The van der Waals surface area contributed by atoms with E-state index >= 15 is 0 Å². The lowest BCUT2D eigenvalue weighted by Gasteiger charge is -2.44. The molecule has 1 saturated heterocycles. The fourth-order valence-electron chi connectivity index (χ4n) is 5.14. The van der Waals surface area contributed by atoms with Crippen LogP contribution in [0.1, 0.15) is 31.7 Å². The van der Waals surface area contributed by atoms with Gasteiger partial charge in [-0.1, -0.05) is 18.2 Å². The minimum atomic E-state index is -5.11. The first-order chi connectivity index (χ1) is 18.3. The van der Waals surface area contributed by atoms with Crippen molar-refractivity contribution in [3.05, 3.63) is 42.5 Å². The maximum absolute atomic E-state index is 13.6. The van der Waals surface area contributed by atoms with Gasteiger partial charge in [0, 0.05) is 25.7 Å². The molecule has 1 spiro atoms. The third-order valence-corrected chi connectivity index (χ3v) is 6.62. The van der Waals surface area contributed by atoms with Gasteiger partial charge in [-0.3, -0.25) is 19.2 Å². The van der Waals surface area contributed by atoms with Crippen LogP contribution in [0.5, 0.6) is 5.75 Å². The minimum absolute atomic E-state index is 0.205. The molecule has 220 valence electrons. The van der Waals surface area contributed by atoms with Gasteiger partial charge in [0.2, 0.25) is 0 Å². The molecule has 2 fully saturated rings. The van der Waals surface area contributed by atoms with Crippen molar-refractivity contribution in [3.8, 4) is 5.75 Å². The number of methoxy groups -OCH3 is 1. The van der Waals surface area contributed by atoms with E-state index in [0.717, 1.165) is 6.08 Å². The molecule has 0 aromatic heterocycles. The smallest absolute Gasteiger partial charge is 0.422 e. The van der Waals surface area contributed by atoms with Gasteiger partial charge in [-0.15, -0.1) is 6.58 Å². The molecule has 1 aromatic rings. The average Bonchev–Trinajstić information content (AvgIpc) is 3.16. The number of benzene rings is 1. The number of esters is 4. The predicted octanol–water partition coefficient (Wildman–Crippen LogP) is 4.00. The van der Waals surface area contributed by atoms with E-state index in [1.165, 1.54) is 45.2 Å². The monoisotopic (exact) mass is 582 g/mol. The second-order valence-corrected chi connectivity index (χ2v) is 9.65. The molecular weight excluding hydrogens is 558 g/mol. The van der Waals surface area contributed by atoms with Crippen molar-refractivity contribution in [2.75, 3.05) is 20.3 Å². The number of alkyl halides is 6. The van der Waals surface area contributed by atoms with Crippen LogP contribution in [-0.4, -0.2) is 62.3 Å². The number of carbonyl (C=O) groups excluding carboxylic acids is 4. The zero-order valence-corrected chi connectivity index (χ0v) is 21.3. The highest BCUT2D eigenvalue weighted by Gasteiger charge is 2.78. The molecule has 1 aromatic carbocycles. The molecule has 1 saturated carbocycles. The van der Waals surface area contributed by atoms with Gasteiger partial charge in [-0.05, 0) is 24.1 Å². The Balaban J connectivity index is 2.35. The van der Waals surface area contributed by atoms with Gasteiger partial charge in [-0.2, -0.15) is 26.3 Å². The summed E-state index contributed by atoms with van der Waals surface area (Å²) >= 11 is 0. The lowest BCUT2D eigenvalue weighted by molar-refractivity contribution is -0.255. The van der Waals surface area contributed by atoms with Crippen LogP contribution in [0.2, 0.25) is 0 Å². The summed E-state index contributed by atoms with van der Waals surface area (Å²) in [5, 5.41) is 0. The van der Waals surface area contributed by atoms with Crippen LogP contribution >= 0.6 is 0 Å². The van der Waals surface area contributed by atoms with E-state index in [2.05, 4.69) is 16.1 Å². The highest BCUT2D eigenvalue weighted by atomic mass is 19.4. The van der Waals surface area contributed by atoms with Crippen LogP contribution in [0.4, 0.5) is 26.3 Å². The number of halogens is 6. The van der Waals surface area contributed by atoms with Crippen molar-refractivity contribution in [2.45, 2.75) is 44.3 Å².